The van der Waals surface area contributed by atoms with Crippen LogP contribution in [0.2, 0.25) is 0 Å². The highest BCUT2D eigenvalue weighted by Crippen LogP contribution is 2.55. The number of aromatic nitrogens is 1. The number of fused-ring (bicyclic) bond motifs is 4. The van der Waals surface area contributed by atoms with Gasteiger partial charge in [0, 0.05) is 33.3 Å². The normalized spacial score (nSPS) is 15.0. The summed E-state index contributed by atoms with van der Waals surface area (Å²) in [6, 6.07) is 59.3. The number of benzene rings is 6. The third-order valence-corrected chi connectivity index (χ3v) is 10.8. The summed E-state index contributed by atoms with van der Waals surface area (Å²) < 4.78 is 0. The Bertz CT molecular complexity index is 2180. The minimum absolute atomic E-state index is 0.147. The molecular formula is C47H39N3. The Morgan fingerprint density at radius 3 is 1.14 bits per heavy atom. The van der Waals surface area contributed by atoms with E-state index in [9.17, 15) is 0 Å². The van der Waals surface area contributed by atoms with Gasteiger partial charge in [-0.25, -0.2) is 4.98 Å². The van der Waals surface area contributed by atoms with Crippen LogP contribution in [0.25, 0.3) is 22.5 Å². The van der Waals surface area contributed by atoms with Gasteiger partial charge in [-0.15, -0.1) is 0 Å². The van der Waals surface area contributed by atoms with Crippen LogP contribution in [0.5, 0.6) is 0 Å². The monoisotopic (exact) mass is 645 g/mol. The highest BCUT2D eigenvalue weighted by atomic mass is 15.2. The van der Waals surface area contributed by atoms with Crippen LogP contribution in [0.4, 0.5) is 34.1 Å². The fraction of sp³-hybridized carbons (Fsp3) is 0.128. The van der Waals surface area contributed by atoms with Gasteiger partial charge >= 0.3 is 0 Å². The Morgan fingerprint density at radius 2 is 0.720 bits per heavy atom. The van der Waals surface area contributed by atoms with Crippen molar-refractivity contribution < 1.29 is 0 Å². The maximum absolute atomic E-state index is 5.27. The van der Waals surface area contributed by atoms with E-state index in [0.717, 1.165) is 33.9 Å². The molecule has 1 aromatic heterocycles. The Kier molecular flexibility index (Phi) is 6.82. The van der Waals surface area contributed by atoms with Gasteiger partial charge in [-0.05, 0) is 76.9 Å². The number of para-hydroxylation sites is 4. The molecule has 0 fully saturated rings. The molecule has 50 heavy (non-hydrogen) atoms. The third-order valence-electron chi connectivity index (χ3n) is 10.8. The molecule has 0 unspecified atom stereocenters. The molecule has 0 amide bonds. The predicted molar refractivity (Wildman–Crippen MR) is 209 cm³/mol. The topological polar surface area (TPSA) is 19.4 Å². The lowest BCUT2D eigenvalue weighted by Crippen LogP contribution is -2.31. The van der Waals surface area contributed by atoms with Crippen LogP contribution in [0.3, 0.4) is 0 Å². The highest BCUT2D eigenvalue weighted by Gasteiger charge is 2.39. The third kappa shape index (κ3) is 4.61. The van der Waals surface area contributed by atoms with Crippen LogP contribution in [0, 0.1) is 0 Å². The van der Waals surface area contributed by atoms with Gasteiger partial charge < -0.3 is 9.80 Å². The molecule has 7 aromatic rings. The average Bonchev–Trinajstić information content (AvgIpc) is 3.16. The summed E-state index contributed by atoms with van der Waals surface area (Å²) in [5.74, 6) is 0. The van der Waals surface area contributed by atoms with Crippen LogP contribution in [-0.4, -0.2) is 4.98 Å². The van der Waals surface area contributed by atoms with Crippen molar-refractivity contribution in [2.24, 2.45) is 0 Å². The molecule has 3 heteroatoms. The largest absolute Gasteiger partial charge is 0.310 e. The van der Waals surface area contributed by atoms with Crippen molar-refractivity contribution in [2.75, 3.05) is 9.80 Å². The summed E-state index contributed by atoms with van der Waals surface area (Å²) in [5.41, 5.74) is 16.0. The average molecular weight is 646 g/mol. The van der Waals surface area contributed by atoms with Gasteiger partial charge in [-0.3, -0.25) is 0 Å². The Labute approximate surface area is 295 Å². The molecule has 6 aromatic carbocycles. The maximum atomic E-state index is 5.27. The fourth-order valence-corrected chi connectivity index (χ4v) is 8.26. The Balaban J connectivity index is 1.33. The van der Waals surface area contributed by atoms with Crippen LogP contribution >= 0.6 is 0 Å². The van der Waals surface area contributed by atoms with Gasteiger partial charge in [-0.1, -0.05) is 137 Å². The van der Waals surface area contributed by atoms with E-state index in [1.165, 1.54) is 45.0 Å². The van der Waals surface area contributed by atoms with E-state index in [0.29, 0.717) is 0 Å². The van der Waals surface area contributed by atoms with E-state index in [-0.39, 0.29) is 10.8 Å². The first kappa shape index (κ1) is 30.2. The summed E-state index contributed by atoms with van der Waals surface area (Å²) >= 11 is 0. The molecule has 2 aliphatic heterocycles. The number of pyridine rings is 1. The van der Waals surface area contributed by atoms with Crippen LogP contribution in [0.15, 0.2) is 164 Å². The van der Waals surface area contributed by atoms with Crippen LogP contribution in [0.1, 0.15) is 49.9 Å². The van der Waals surface area contributed by atoms with Crippen molar-refractivity contribution in [2.45, 2.75) is 38.5 Å². The second-order valence-corrected chi connectivity index (χ2v) is 14.5. The molecule has 0 aliphatic carbocycles. The van der Waals surface area contributed by atoms with Crippen LogP contribution in [-0.2, 0) is 10.8 Å². The molecule has 0 spiro atoms. The zero-order valence-corrected chi connectivity index (χ0v) is 28.9. The first-order chi connectivity index (χ1) is 24.3. The van der Waals surface area contributed by atoms with Crippen molar-refractivity contribution in [3.05, 3.63) is 186 Å². The van der Waals surface area contributed by atoms with E-state index >= 15 is 0 Å². The molecule has 0 saturated heterocycles. The lowest BCUT2D eigenvalue weighted by molar-refractivity contribution is 0.631. The molecule has 2 aliphatic rings. The summed E-state index contributed by atoms with van der Waals surface area (Å²) in [4.78, 5) is 10.2. The summed E-state index contributed by atoms with van der Waals surface area (Å²) in [5, 5.41) is 0. The van der Waals surface area contributed by atoms with Crippen molar-refractivity contribution >= 4 is 34.1 Å². The van der Waals surface area contributed by atoms with Crippen LogP contribution < -0.4 is 9.80 Å². The zero-order valence-electron chi connectivity index (χ0n) is 28.9. The first-order valence-electron chi connectivity index (χ1n) is 17.5. The standard InChI is InChI=1S/C47H39N3/c1-46(2)36-19-8-12-25-42(36)49(43-26-13-9-20-37(43)46)34-29-33(41-24-16-23-40(48-41)32-17-6-5-7-18-32)30-35(31-34)50-44-27-14-10-21-38(44)47(3,4)39-22-11-15-28-45(39)50/h5-31H,1-4H3. The fourth-order valence-electron chi connectivity index (χ4n) is 8.26. The van der Waals surface area contributed by atoms with E-state index in [1.807, 2.05) is 6.07 Å². The summed E-state index contributed by atoms with van der Waals surface area (Å²) in [6.07, 6.45) is 0. The second-order valence-electron chi connectivity index (χ2n) is 14.5. The molecule has 9 rings (SSSR count). The molecular weight excluding hydrogens is 607 g/mol. The highest BCUT2D eigenvalue weighted by molar-refractivity contribution is 5.93. The summed E-state index contributed by atoms with van der Waals surface area (Å²) in [7, 11) is 0. The predicted octanol–water partition coefficient (Wildman–Crippen LogP) is 12.6. The van der Waals surface area contributed by atoms with Crippen molar-refractivity contribution in [3.8, 4) is 22.5 Å². The lowest BCUT2D eigenvalue weighted by Gasteiger charge is -2.43. The van der Waals surface area contributed by atoms with Crippen molar-refractivity contribution in [1.82, 2.24) is 4.98 Å². The molecule has 242 valence electrons. The van der Waals surface area contributed by atoms with E-state index in [1.54, 1.807) is 0 Å². The Hall–Kier alpha value is -5.93. The van der Waals surface area contributed by atoms with E-state index < -0.39 is 0 Å². The number of rotatable bonds is 4. The van der Waals surface area contributed by atoms with Gasteiger partial charge in [0.1, 0.15) is 0 Å². The quantitative estimate of drug-likeness (QED) is 0.190. The van der Waals surface area contributed by atoms with Gasteiger partial charge in [0.2, 0.25) is 0 Å². The number of hydrogen-bond donors (Lipinski definition) is 0. The second kappa shape index (κ2) is 11.3. The first-order valence-corrected chi connectivity index (χ1v) is 17.5. The van der Waals surface area contributed by atoms with Gasteiger partial charge in [0.05, 0.1) is 34.1 Å². The SMILES string of the molecule is CC1(C)c2ccccc2N(c2cc(-c3cccc(-c4ccccc4)n3)cc(N3c4ccccc4C(C)(C)c4ccccc43)c2)c2ccccc21. The smallest absolute Gasteiger partial charge is 0.0711 e. The van der Waals surface area contributed by atoms with Gasteiger partial charge in [0.15, 0.2) is 0 Å². The summed E-state index contributed by atoms with van der Waals surface area (Å²) in [6.45, 7) is 9.36. The molecule has 0 bridgehead atoms. The maximum Gasteiger partial charge on any atom is 0.0711 e. The molecule has 0 atom stereocenters. The molecule has 0 saturated carbocycles. The molecule has 0 radical (unpaired) electrons. The molecule has 3 nitrogen and oxygen atoms in total. The minimum Gasteiger partial charge on any atom is -0.310 e. The number of hydrogen-bond acceptors (Lipinski definition) is 3. The van der Waals surface area contributed by atoms with Gasteiger partial charge in [-0.2, -0.15) is 0 Å². The van der Waals surface area contributed by atoms with Crippen molar-refractivity contribution in [1.29, 1.82) is 0 Å². The number of nitrogens with zero attached hydrogens (tertiary/aromatic N) is 3. The lowest BCUT2D eigenvalue weighted by atomic mass is 9.73. The Morgan fingerprint density at radius 1 is 0.360 bits per heavy atom. The van der Waals surface area contributed by atoms with Gasteiger partial charge in [0.25, 0.3) is 0 Å². The van der Waals surface area contributed by atoms with E-state index in [4.69, 9.17) is 4.98 Å². The van der Waals surface area contributed by atoms with Crippen molar-refractivity contribution in [3.63, 3.8) is 0 Å². The molecule has 0 N–H and O–H groups in total. The number of anilines is 6. The zero-order chi connectivity index (χ0) is 34.0. The minimum atomic E-state index is -0.147. The molecule has 3 heterocycles. The van der Waals surface area contributed by atoms with E-state index in [2.05, 4.69) is 195 Å².